The first-order chi connectivity index (χ1) is 12.1. The van der Waals surface area contributed by atoms with Crippen LogP contribution in [0.4, 0.5) is 0 Å². The van der Waals surface area contributed by atoms with Gasteiger partial charge in [-0.15, -0.1) is 0 Å². The van der Waals surface area contributed by atoms with Gasteiger partial charge in [0, 0.05) is 50.5 Å². The third kappa shape index (κ3) is 2.96. The van der Waals surface area contributed by atoms with E-state index in [1.54, 1.807) is 7.11 Å². The summed E-state index contributed by atoms with van der Waals surface area (Å²) in [7, 11) is 6.03. The highest BCUT2D eigenvalue weighted by Crippen LogP contribution is 2.44. The van der Waals surface area contributed by atoms with Crippen molar-refractivity contribution in [3.63, 3.8) is 0 Å². The van der Waals surface area contributed by atoms with Crippen molar-refractivity contribution in [3.05, 3.63) is 47.3 Å². The predicted molar refractivity (Wildman–Crippen MR) is 98.7 cm³/mol. The van der Waals surface area contributed by atoms with E-state index in [0.29, 0.717) is 0 Å². The Morgan fingerprint density at radius 3 is 2.64 bits per heavy atom. The molecule has 0 saturated carbocycles. The first-order valence-corrected chi connectivity index (χ1v) is 9.19. The Labute approximate surface area is 150 Å². The Morgan fingerprint density at radius 1 is 1.16 bits per heavy atom. The Balaban J connectivity index is 1.55. The predicted octanol–water partition coefficient (Wildman–Crippen LogP) is 2.41. The van der Waals surface area contributed by atoms with Gasteiger partial charge in [0.2, 0.25) is 0 Å². The fraction of sp³-hybridized carbons (Fsp3) is 0.550. The summed E-state index contributed by atoms with van der Waals surface area (Å²) in [5, 5.41) is 4.29. The van der Waals surface area contributed by atoms with Crippen LogP contribution in [0.1, 0.15) is 29.5 Å². The first-order valence-electron chi connectivity index (χ1n) is 9.19. The molecule has 0 atom stereocenters. The molecule has 2 aliphatic rings. The maximum atomic E-state index is 5.51. The van der Waals surface area contributed by atoms with E-state index in [2.05, 4.69) is 46.3 Å². The summed E-state index contributed by atoms with van der Waals surface area (Å²) in [6.45, 7) is 4.38. The minimum Gasteiger partial charge on any atom is -0.497 e. The van der Waals surface area contributed by atoms with E-state index in [1.165, 1.54) is 29.5 Å². The largest absolute Gasteiger partial charge is 0.497 e. The normalized spacial score (nSPS) is 20.6. The smallest absolute Gasteiger partial charge is 0.119 e. The highest BCUT2D eigenvalue weighted by molar-refractivity contribution is 5.42. The summed E-state index contributed by atoms with van der Waals surface area (Å²) < 4.78 is 7.40. The van der Waals surface area contributed by atoms with Crippen LogP contribution in [0.15, 0.2) is 30.6 Å². The van der Waals surface area contributed by atoms with Gasteiger partial charge < -0.3 is 4.74 Å². The average Bonchev–Trinajstić information content (AvgIpc) is 3.04. The molecule has 3 heterocycles. The van der Waals surface area contributed by atoms with E-state index < -0.39 is 0 Å². The van der Waals surface area contributed by atoms with E-state index in [-0.39, 0.29) is 5.54 Å². The zero-order valence-electron chi connectivity index (χ0n) is 15.5. The molecule has 25 heavy (non-hydrogen) atoms. The number of hydrogen-bond acceptors (Lipinski definition) is 4. The van der Waals surface area contributed by atoms with Crippen molar-refractivity contribution in [2.45, 2.75) is 31.3 Å². The van der Waals surface area contributed by atoms with E-state index >= 15 is 0 Å². The number of ether oxygens (including phenoxy) is 1. The van der Waals surface area contributed by atoms with Crippen molar-refractivity contribution in [2.24, 2.45) is 7.05 Å². The van der Waals surface area contributed by atoms with Gasteiger partial charge in [-0.3, -0.25) is 14.5 Å². The summed E-state index contributed by atoms with van der Waals surface area (Å²) in [5.74, 6) is 0.978. The minimum atomic E-state index is 0.160. The third-order valence-corrected chi connectivity index (χ3v) is 6.11. The molecule has 5 heteroatoms. The zero-order valence-corrected chi connectivity index (χ0v) is 15.5. The molecule has 2 aromatic rings. The minimum absolute atomic E-state index is 0.160. The number of aryl methyl sites for hydroxylation is 1. The lowest BCUT2D eigenvalue weighted by Gasteiger charge is -2.51. The molecule has 1 fully saturated rings. The molecule has 4 rings (SSSR count). The van der Waals surface area contributed by atoms with Crippen molar-refractivity contribution in [1.82, 2.24) is 19.6 Å². The Bertz CT molecular complexity index is 746. The van der Waals surface area contributed by atoms with Crippen molar-refractivity contribution in [2.75, 3.05) is 33.8 Å². The molecule has 0 bridgehead atoms. The lowest BCUT2D eigenvalue weighted by Crippen LogP contribution is -2.54. The molecule has 0 unspecified atom stereocenters. The highest BCUT2D eigenvalue weighted by Gasteiger charge is 2.43. The molecule has 5 nitrogen and oxygen atoms in total. The second-order valence-corrected chi connectivity index (χ2v) is 7.52. The van der Waals surface area contributed by atoms with Crippen LogP contribution in [-0.2, 0) is 25.6 Å². The van der Waals surface area contributed by atoms with Crippen LogP contribution >= 0.6 is 0 Å². The number of methoxy groups -OCH3 is 1. The summed E-state index contributed by atoms with van der Waals surface area (Å²) >= 11 is 0. The van der Waals surface area contributed by atoms with Crippen molar-refractivity contribution < 1.29 is 4.74 Å². The van der Waals surface area contributed by atoms with E-state index in [0.717, 1.165) is 38.3 Å². The molecule has 0 radical (unpaired) electrons. The van der Waals surface area contributed by atoms with Gasteiger partial charge in [-0.2, -0.15) is 5.10 Å². The van der Waals surface area contributed by atoms with E-state index in [1.807, 2.05) is 17.9 Å². The summed E-state index contributed by atoms with van der Waals surface area (Å²) in [4.78, 5) is 5.14. The van der Waals surface area contributed by atoms with Gasteiger partial charge in [0.15, 0.2) is 0 Å². The Morgan fingerprint density at radius 2 is 1.96 bits per heavy atom. The fourth-order valence-electron chi connectivity index (χ4n) is 4.59. The molecule has 0 aliphatic carbocycles. The SMILES string of the molecule is COc1ccc2c(c1)C1(CCN(Cc3cnn(C)c3)CC1)N(C)CC2. The molecular weight excluding hydrogens is 312 g/mol. The van der Waals surface area contributed by atoms with Gasteiger partial charge in [0.1, 0.15) is 5.75 Å². The van der Waals surface area contributed by atoms with Gasteiger partial charge in [-0.05, 0) is 49.6 Å². The number of likely N-dealkylation sites (N-methyl/N-ethyl adjacent to an activating group) is 1. The van der Waals surface area contributed by atoms with Crippen molar-refractivity contribution in [3.8, 4) is 5.75 Å². The van der Waals surface area contributed by atoms with Gasteiger partial charge in [-0.1, -0.05) is 6.07 Å². The molecule has 0 N–H and O–H groups in total. The molecular formula is C20H28N4O. The van der Waals surface area contributed by atoms with E-state index in [4.69, 9.17) is 4.74 Å². The van der Waals surface area contributed by atoms with Crippen LogP contribution in [0.2, 0.25) is 0 Å². The second-order valence-electron chi connectivity index (χ2n) is 7.52. The van der Waals surface area contributed by atoms with Crippen molar-refractivity contribution in [1.29, 1.82) is 0 Å². The molecule has 0 amide bonds. The Hall–Kier alpha value is -1.85. The molecule has 1 saturated heterocycles. The molecule has 134 valence electrons. The number of fused-ring (bicyclic) bond motifs is 2. The standard InChI is InChI=1S/C20H28N4O/c1-22-9-6-17-4-5-18(25-3)12-19(17)20(22)7-10-24(11-8-20)15-16-13-21-23(2)14-16/h4-5,12-14H,6-11,15H2,1-3H3. The van der Waals surface area contributed by atoms with Crippen LogP contribution in [0.25, 0.3) is 0 Å². The second kappa shape index (κ2) is 6.46. The lowest BCUT2D eigenvalue weighted by molar-refractivity contribution is 0.0253. The summed E-state index contributed by atoms with van der Waals surface area (Å²) in [6.07, 6.45) is 7.58. The van der Waals surface area contributed by atoms with Crippen LogP contribution < -0.4 is 4.74 Å². The zero-order chi connectivity index (χ0) is 17.4. The quantitative estimate of drug-likeness (QED) is 0.859. The van der Waals surface area contributed by atoms with Crippen LogP contribution in [0.3, 0.4) is 0 Å². The maximum absolute atomic E-state index is 5.51. The maximum Gasteiger partial charge on any atom is 0.119 e. The highest BCUT2D eigenvalue weighted by atomic mass is 16.5. The van der Waals surface area contributed by atoms with Crippen LogP contribution in [0.5, 0.6) is 5.75 Å². The summed E-state index contributed by atoms with van der Waals surface area (Å²) in [5.41, 5.74) is 4.45. The number of likely N-dealkylation sites (tertiary alicyclic amines) is 1. The molecule has 1 aromatic carbocycles. The number of benzene rings is 1. The fourth-order valence-corrected chi connectivity index (χ4v) is 4.59. The Kier molecular flexibility index (Phi) is 4.29. The number of rotatable bonds is 3. The van der Waals surface area contributed by atoms with Gasteiger partial charge in [-0.25, -0.2) is 0 Å². The first kappa shape index (κ1) is 16.6. The van der Waals surface area contributed by atoms with Crippen molar-refractivity contribution >= 4 is 0 Å². The average molecular weight is 340 g/mol. The third-order valence-electron chi connectivity index (χ3n) is 6.11. The number of hydrogen-bond donors (Lipinski definition) is 0. The summed E-state index contributed by atoms with van der Waals surface area (Å²) in [6, 6.07) is 6.65. The number of piperidine rings is 1. The lowest BCUT2D eigenvalue weighted by atomic mass is 9.74. The number of aromatic nitrogens is 2. The molecule has 2 aliphatic heterocycles. The topological polar surface area (TPSA) is 33.5 Å². The molecule has 1 aromatic heterocycles. The van der Waals surface area contributed by atoms with Crippen LogP contribution in [0, 0.1) is 0 Å². The van der Waals surface area contributed by atoms with Crippen LogP contribution in [-0.4, -0.2) is 53.4 Å². The number of nitrogens with zero attached hydrogens (tertiary/aromatic N) is 4. The van der Waals surface area contributed by atoms with Gasteiger partial charge in [0.05, 0.1) is 13.3 Å². The molecule has 1 spiro atoms. The van der Waals surface area contributed by atoms with Gasteiger partial charge in [0.25, 0.3) is 0 Å². The van der Waals surface area contributed by atoms with E-state index in [9.17, 15) is 0 Å². The van der Waals surface area contributed by atoms with Gasteiger partial charge >= 0.3 is 0 Å². The monoisotopic (exact) mass is 340 g/mol.